The average Bonchev–Trinajstić information content (AvgIpc) is 3.22. The molecule has 178 valence electrons. The van der Waals surface area contributed by atoms with E-state index in [2.05, 4.69) is 10.3 Å². The predicted molar refractivity (Wildman–Crippen MR) is 135 cm³/mol. The number of nitrogens with one attached hydrogen (secondary N) is 1. The Morgan fingerprint density at radius 2 is 1.77 bits per heavy atom. The van der Waals surface area contributed by atoms with Crippen LogP contribution >= 0.6 is 11.6 Å². The number of carbonyl (C=O) groups is 2. The quantitative estimate of drug-likeness (QED) is 0.254. The number of rotatable bonds is 8. The van der Waals surface area contributed by atoms with Crippen molar-refractivity contribution in [2.45, 2.75) is 13.5 Å². The van der Waals surface area contributed by atoms with E-state index in [-0.39, 0.29) is 23.0 Å². The molecule has 1 amide bonds. The van der Waals surface area contributed by atoms with Gasteiger partial charge in [0.25, 0.3) is 5.91 Å². The maximum absolute atomic E-state index is 13.2. The zero-order chi connectivity index (χ0) is 24.8. The summed E-state index contributed by atoms with van der Waals surface area (Å²) in [6.45, 7) is 2.33. The van der Waals surface area contributed by atoms with Crippen LogP contribution in [0.4, 0.5) is 5.69 Å². The second-order valence-electron chi connectivity index (χ2n) is 7.62. The van der Waals surface area contributed by atoms with Crippen LogP contribution in [0.2, 0.25) is 5.15 Å². The van der Waals surface area contributed by atoms with Crippen LogP contribution in [0.1, 0.15) is 33.3 Å². The summed E-state index contributed by atoms with van der Waals surface area (Å²) < 4.78 is 12.4. The van der Waals surface area contributed by atoms with Crippen LogP contribution in [0, 0.1) is 0 Å². The lowest BCUT2D eigenvalue weighted by Gasteiger charge is -2.13. The number of esters is 1. The molecule has 2 heterocycles. The Kier molecular flexibility index (Phi) is 7.48. The summed E-state index contributed by atoms with van der Waals surface area (Å²) in [5.41, 5.74) is 3.18. The number of benzene rings is 2. The van der Waals surface area contributed by atoms with Gasteiger partial charge in [-0.1, -0.05) is 54.1 Å². The van der Waals surface area contributed by atoms with Crippen molar-refractivity contribution in [2.75, 3.05) is 19.0 Å². The van der Waals surface area contributed by atoms with E-state index in [1.54, 1.807) is 30.7 Å². The predicted octanol–water partition coefficient (Wildman–Crippen LogP) is 5.69. The molecule has 0 unspecified atom stereocenters. The summed E-state index contributed by atoms with van der Waals surface area (Å²) in [4.78, 5) is 30.3. The molecule has 7 nitrogen and oxygen atoms in total. The van der Waals surface area contributed by atoms with Gasteiger partial charge in [0.05, 0.1) is 25.0 Å². The van der Waals surface area contributed by atoms with Crippen molar-refractivity contribution in [3.8, 4) is 16.9 Å². The first-order valence-electron chi connectivity index (χ1n) is 11.0. The topological polar surface area (TPSA) is 82.4 Å². The Morgan fingerprint density at radius 1 is 1.03 bits per heavy atom. The second-order valence-corrected chi connectivity index (χ2v) is 7.98. The Hall–Kier alpha value is -4.10. The van der Waals surface area contributed by atoms with Gasteiger partial charge in [-0.3, -0.25) is 4.79 Å². The number of carbonyl (C=O) groups excluding carboxylic acids is 2. The van der Waals surface area contributed by atoms with Crippen molar-refractivity contribution < 1.29 is 19.1 Å². The normalized spacial score (nSPS) is 10.6. The molecule has 4 rings (SSSR count). The van der Waals surface area contributed by atoms with Crippen LogP contribution in [0.25, 0.3) is 11.1 Å². The number of amides is 1. The van der Waals surface area contributed by atoms with Gasteiger partial charge in [0.15, 0.2) is 5.69 Å². The molecule has 0 fully saturated rings. The number of pyridine rings is 1. The third-order valence-corrected chi connectivity index (χ3v) is 5.69. The van der Waals surface area contributed by atoms with Gasteiger partial charge in [0.1, 0.15) is 10.9 Å². The Labute approximate surface area is 208 Å². The van der Waals surface area contributed by atoms with Gasteiger partial charge in [-0.25, -0.2) is 9.78 Å². The van der Waals surface area contributed by atoms with Crippen LogP contribution in [0.15, 0.2) is 79.1 Å². The van der Waals surface area contributed by atoms with Crippen molar-refractivity contribution in [3.05, 3.63) is 101 Å². The molecule has 2 aromatic heterocycles. The van der Waals surface area contributed by atoms with Crippen molar-refractivity contribution in [1.82, 2.24) is 9.55 Å². The molecule has 8 heteroatoms. The second kappa shape index (κ2) is 10.9. The summed E-state index contributed by atoms with van der Waals surface area (Å²) in [5.74, 6) is -0.340. The van der Waals surface area contributed by atoms with Gasteiger partial charge in [0, 0.05) is 24.5 Å². The first-order valence-corrected chi connectivity index (χ1v) is 11.4. The smallest absolute Gasteiger partial charge is 0.357 e. The Bertz CT molecular complexity index is 1330. The monoisotopic (exact) mass is 489 g/mol. The fourth-order valence-corrected chi connectivity index (χ4v) is 3.94. The van der Waals surface area contributed by atoms with Gasteiger partial charge in [-0.15, -0.1) is 0 Å². The van der Waals surface area contributed by atoms with Gasteiger partial charge >= 0.3 is 5.97 Å². The van der Waals surface area contributed by atoms with E-state index in [1.165, 1.54) is 6.20 Å². The van der Waals surface area contributed by atoms with Crippen LogP contribution in [-0.4, -0.2) is 35.1 Å². The molecular weight excluding hydrogens is 466 g/mol. The van der Waals surface area contributed by atoms with E-state index in [1.807, 2.05) is 60.8 Å². The molecule has 0 radical (unpaired) electrons. The number of halogens is 1. The summed E-state index contributed by atoms with van der Waals surface area (Å²) in [6.07, 6.45) is 3.34. The van der Waals surface area contributed by atoms with Crippen LogP contribution in [0.3, 0.4) is 0 Å². The minimum Gasteiger partial charge on any atom is -0.497 e. The summed E-state index contributed by atoms with van der Waals surface area (Å²) in [6, 6.07) is 20.3. The van der Waals surface area contributed by atoms with E-state index in [4.69, 9.17) is 21.1 Å². The van der Waals surface area contributed by atoms with Gasteiger partial charge < -0.3 is 19.4 Å². The Balaban J connectivity index is 1.87. The van der Waals surface area contributed by atoms with Crippen molar-refractivity contribution in [3.63, 3.8) is 0 Å². The highest BCUT2D eigenvalue weighted by atomic mass is 35.5. The number of hydrogen-bond donors (Lipinski definition) is 1. The van der Waals surface area contributed by atoms with Crippen molar-refractivity contribution in [2.24, 2.45) is 0 Å². The summed E-state index contributed by atoms with van der Waals surface area (Å²) in [7, 11) is 1.59. The third-order valence-electron chi connectivity index (χ3n) is 5.39. The van der Waals surface area contributed by atoms with Crippen molar-refractivity contribution in [1.29, 1.82) is 0 Å². The molecule has 0 atom stereocenters. The largest absolute Gasteiger partial charge is 0.497 e. The lowest BCUT2D eigenvalue weighted by molar-refractivity contribution is 0.0515. The van der Waals surface area contributed by atoms with Gasteiger partial charge in [0.2, 0.25) is 0 Å². The zero-order valence-electron chi connectivity index (χ0n) is 19.3. The fourth-order valence-electron chi connectivity index (χ4n) is 3.73. The third kappa shape index (κ3) is 5.36. The molecule has 0 spiro atoms. The SMILES string of the molecule is CCOC(=O)c1c(NC(=O)c2cccnc2Cl)c(-c2ccc(OC)cc2)cn1Cc1ccccc1. The molecule has 4 aromatic rings. The molecule has 0 saturated carbocycles. The molecule has 0 aliphatic heterocycles. The molecular formula is C27H24ClN3O4. The number of nitrogens with zero attached hydrogens (tertiary/aromatic N) is 2. The summed E-state index contributed by atoms with van der Waals surface area (Å²) in [5, 5.41) is 2.96. The molecule has 0 saturated heterocycles. The van der Waals surface area contributed by atoms with E-state index in [9.17, 15) is 9.59 Å². The molecule has 0 aliphatic rings. The first-order chi connectivity index (χ1) is 17.0. The number of methoxy groups -OCH3 is 1. The van der Waals surface area contributed by atoms with E-state index < -0.39 is 11.9 Å². The standard InChI is InChI=1S/C27H24ClN3O4/c1-3-35-27(33)24-23(30-26(32)21-10-7-15-29-25(21)28)22(19-11-13-20(34-2)14-12-19)17-31(24)16-18-8-5-4-6-9-18/h4-15,17H,3,16H2,1-2H3,(H,30,32). The number of aromatic nitrogens is 2. The van der Waals surface area contributed by atoms with Crippen LogP contribution in [0.5, 0.6) is 5.75 Å². The summed E-state index contributed by atoms with van der Waals surface area (Å²) >= 11 is 6.16. The highest BCUT2D eigenvalue weighted by Crippen LogP contribution is 2.36. The van der Waals surface area contributed by atoms with Gasteiger partial charge in [-0.2, -0.15) is 0 Å². The van der Waals surface area contributed by atoms with E-state index in [0.717, 1.165) is 11.1 Å². The zero-order valence-corrected chi connectivity index (χ0v) is 20.1. The Morgan fingerprint density at radius 3 is 2.43 bits per heavy atom. The highest BCUT2D eigenvalue weighted by Gasteiger charge is 2.26. The fraction of sp³-hybridized carbons (Fsp3) is 0.148. The lowest BCUT2D eigenvalue weighted by Crippen LogP contribution is -2.19. The maximum atomic E-state index is 13.2. The van der Waals surface area contributed by atoms with Crippen LogP contribution < -0.4 is 10.1 Å². The van der Waals surface area contributed by atoms with E-state index in [0.29, 0.717) is 23.5 Å². The molecule has 35 heavy (non-hydrogen) atoms. The van der Waals surface area contributed by atoms with Gasteiger partial charge in [-0.05, 0) is 42.3 Å². The molecule has 0 bridgehead atoms. The first kappa shape index (κ1) is 24.0. The lowest BCUT2D eigenvalue weighted by atomic mass is 10.1. The van der Waals surface area contributed by atoms with E-state index >= 15 is 0 Å². The molecule has 0 aliphatic carbocycles. The van der Waals surface area contributed by atoms with Crippen molar-refractivity contribution >= 4 is 29.2 Å². The number of hydrogen-bond acceptors (Lipinski definition) is 5. The molecule has 2 aromatic carbocycles. The number of ether oxygens (including phenoxy) is 2. The van der Waals surface area contributed by atoms with Crippen LogP contribution in [-0.2, 0) is 11.3 Å². The average molecular weight is 490 g/mol. The minimum atomic E-state index is -0.546. The highest BCUT2D eigenvalue weighted by molar-refractivity contribution is 6.33. The minimum absolute atomic E-state index is 0.0670. The number of anilines is 1. The molecule has 1 N–H and O–H groups in total. The maximum Gasteiger partial charge on any atom is 0.357 e.